The lowest BCUT2D eigenvalue weighted by Gasteiger charge is -2.12. The monoisotopic (exact) mass is 356 g/mol. The lowest BCUT2D eigenvalue weighted by Crippen LogP contribution is -2.19. The number of hydrazine groups is 1. The molecule has 1 aromatic heterocycles. The Morgan fingerprint density at radius 3 is 2.65 bits per heavy atom. The zero-order valence-corrected chi connectivity index (χ0v) is 13.0. The summed E-state index contributed by atoms with van der Waals surface area (Å²) in [6.45, 7) is 1.81. The van der Waals surface area contributed by atoms with Gasteiger partial charge in [-0.1, -0.05) is 15.9 Å². The zero-order chi connectivity index (χ0) is 14.8. The summed E-state index contributed by atoms with van der Waals surface area (Å²) in [5.74, 6) is 5.30. The Balaban J connectivity index is 2.41. The van der Waals surface area contributed by atoms with Gasteiger partial charge < -0.3 is 5.43 Å². The fraction of sp³-hybridized carbons (Fsp3) is 0.0833. The second-order valence-electron chi connectivity index (χ2n) is 4.07. The number of anilines is 2. The van der Waals surface area contributed by atoms with Crippen molar-refractivity contribution < 1.29 is 8.42 Å². The third-order valence-corrected chi connectivity index (χ3v) is 4.43. The highest BCUT2D eigenvalue weighted by atomic mass is 79.9. The van der Waals surface area contributed by atoms with Crippen LogP contribution in [0.4, 0.5) is 11.4 Å². The van der Waals surface area contributed by atoms with Gasteiger partial charge in [0.25, 0.3) is 10.0 Å². The first-order valence-electron chi connectivity index (χ1n) is 5.64. The molecule has 20 heavy (non-hydrogen) atoms. The van der Waals surface area contributed by atoms with E-state index in [1.165, 1.54) is 12.3 Å². The first kappa shape index (κ1) is 14.8. The molecule has 0 saturated heterocycles. The summed E-state index contributed by atoms with van der Waals surface area (Å²) < 4.78 is 28.0. The number of nitrogens with zero attached hydrogens (tertiary/aromatic N) is 1. The average molecular weight is 357 g/mol. The predicted octanol–water partition coefficient (Wildman–Crippen LogP) is 2.24. The molecule has 106 valence electrons. The molecule has 8 heteroatoms. The number of rotatable bonds is 4. The number of aryl methyl sites for hydroxylation is 1. The largest absolute Gasteiger partial charge is 0.321 e. The van der Waals surface area contributed by atoms with E-state index in [2.05, 4.69) is 31.1 Å². The van der Waals surface area contributed by atoms with Crippen molar-refractivity contribution in [2.45, 2.75) is 11.9 Å². The third kappa shape index (κ3) is 3.09. The molecular weight excluding hydrogens is 344 g/mol. The number of hydrogen-bond acceptors (Lipinski definition) is 5. The van der Waals surface area contributed by atoms with E-state index in [1.807, 2.05) is 13.0 Å². The van der Waals surface area contributed by atoms with Gasteiger partial charge in [0.2, 0.25) is 5.03 Å². The van der Waals surface area contributed by atoms with Crippen LogP contribution in [0, 0.1) is 6.92 Å². The molecule has 0 radical (unpaired) electrons. The van der Waals surface area contributed by atoms with Crippen molar-refractivity contribution in [2.75, 3.05) is 10.1 Å². The van der Waals surface area contributed by atoms with Gasteiger partial charge in [0, 0.05) is 10.7 Å². The van der Waals surface area contributed by atoms with E-state index in [-0.39, 0.29) is 10.7 Å². The van der Waals surface area contributed by atoms with Crippen LogP contribution in [0.5, 0.6) is 0 Å². The minimum atomic E-state index is -3.81. The van der Waals surface area contributed by atoms with Gasteiger partial charge in [0.1, 0.15) is 0 Å². The van der Waals surface area contributed by atoms with Crippen LogP contribution in [-0.2, 0) is 10.0 Å². The molecule has 2 aromatic rings. The highest BCUT2D eigenvalue weighted by molar-refractivity contribution is 9.10. The molecule has 0 unspecified atom stereocenters. The summed E-state index contributed by atoms with van der Waals surface area (Å²) in [7, 11) is -3.81. The number of nitrogens with two attached hydrogens (primary N) is 1. The molecule has 1 aromatic carbocycles. The molecule has 0 atom stereocenters. The van der Waals surface area contributed by atoms with Gasteiger partial charge in [0.05, 0.1) is 11.4 Å². The maximum absolute atomic E-state index is 12.3. The summed E-state index contributed by atoms with van der Waals surface area (Å²) in [4.78, 5) is 3.86. The molecule has 0 spiro atoms. The van der Waals surface area contributed by atoms with Gasteiger partial charge in [0.15, 0.2) is 0 Å². The van der Waals surface area contributed by atoms with E-state index in [9.17, 15) is 8.42 Å². The van der Waals surface area contributed by atoms with Crippen molar-refractivity contribution in [1.82, 2.24) is 4.98 Å². The Hall–Kier alpha value is -1.64. The molecule has 4 N–H and O–H groups in total. The number of nitrogen functional groups attached to an aromatic ring is 1. The van der Waals surface area contributed by atoms with Crippen LogP contribution in [0.3, 0.4) is 0 Å². The quantitative estimate of drug-likeness (QED) is 0.576. The lowest BCUT2D eigenvalue weighted by atomic mass is 10.2. The molecule has 0 saturated carbocycles. The second kappa shape index (κ2) is 5.78. The first-order valence-corrected chi connectivity index (χ1v) is 7.92. The van der Waals surface area contributed by atoms with Gasteiger partial charge in [-0.2, -0.15) is 8.42 Å². The van der Waals surface area contributed by atoms with Crippen LogP contribution in [0.1, 0.15) is 5.56 Å². The molecule has 0 amide bonds. The highest BCUT2D eigenvalue weighted by Crippen LogP contribution is 2.24. The molecule has 2 rings (SSSR count). The molecule has 1 heterocycles. The Bertz CT molecular complexity index is 734. The standard InChI is InChI=1S/C12H13BrN4O2S/c1-8-7-9(13)4-5-10(8)17-20(18,19)12-11(16-14)3-2-6-15-12/h2-7,16-17H,14H2,1H3. The normalized spacial score (nSPS) is 11.2. The van der Waals surface area contributed by atoms with Gasteiger partial charge in [-0.25, -0.2) is 4.98 Å². The summed E-state index contributed by atoms with van der Waals surface area (Å²) in [6.07, 6.45) is 1.39. The van der Waals surface area contributed by atoms with E-state index in [1.54, 1.807) is 18.2 Å². The van der Waals surface area contributed by atoms with Gasteiger partial charge in [-0.05, 0) is 42.8 Å². The SMILES string of the molecule is Cc1cc(Br)ccc1NS(=O)(=O)c1ncccc1NN. The summed E-state index contributed by atoms with van der Waals surface area (Å²) in [6, 6.07) is 8.38. The van der Waals surface area contributed by atoms with Crippen molar-refractivity contribution in [2.24, 2.45) is 5.84 Å². The molecule has 0 fully saturated rings. The Kier molecular flexibility index (Phi) is 4.26. The van der Waals surface area contributed by atoms with Crippen molar-refractivity contribution in [3.05, 3.63) is 46.6 Å². The fourth-order valence-corrected chi connectivity index (χ4v) is 3.36. The van der Waals surface area contributed by atoms with Crippen LogP contribution in [0.2, 0.25) is 0 Å². The minimum absolute atomic E-state index is 0.148. The number of nitrogens with one attached hydrogen (secondary N) is 2. The number of pyridine rings is 1. The van der Waals surface area contributed by atoms with Crippen molar-refractivity contribution in [1.29, 1.82) is 0 Å². The van der Waals surface area contributed by atoms with E-state index < -0.39 is 10.0 Å². The number of aromatic nitrogens is 1. The smallest absolute Gasteiger partial charge is 0.281 e. The summed E-state index contributed by atoms with van der Waals surface area (Å²) in [5, 5.41) is -0.148. The molecule has 0 aliphatic carbocycles. The van der Waals surface area contributed by atoms with Crippen molar-refractivity contribution in [3.63, 3.8) is 0 Å². The van der Waals surface area contributed by atoms with Gasteiger partial charge >= 0.3 is 0 Å². The second-order valence-corrected chi connectivity index (χ2v) is 6.58. The lowest BCUT2D eigenvalue weighted by molar-refractivity contribution is 0.598. The van der Waals surface area contributed by atoms with Crippen molar-refractivity contribution >= 4 is 37.3 Å². The molecule has 0 aliphatic heterocycles. The molecular formula is C12H13BrN4O2S. The maximum Gasteiger partial charge on any atom is 0.281 e. The summed E-state index contributed by atoms with van der Waals surface area (Å²) in [5.41, 5.74) is 3.83. The van der Waals surface area contributed by atoms with Crippen LogP contribution in [0.15, 0.2) is 46.0 Å². The molecule has 6 nitrogen and oxygen atoms in total. The van der Waals surface area contributed by atoms with Gasteiger partial charge in [-0.3, -0.25) is 10.6 Å². The van der Waals surface area contributed by atoms with E-state index in [0.717, 1.165) is 10.0 Å². The Labute approximate surface area is 125 Å². The number of halogens is 1. The predicted molar refractivity (Wildman–Crippen MR) is 81.7 cm³/mol. The first-order chi connectivity index (χ1) is 9.44. The Morgan fingerprint density at radius 1 is 1.25 bits per heavy atom. The molecule has 0 aliphatic rings. The summed E-state index contributed by atoms with van der Waals surface area (Å²) >= 11 is 3.33. The van der Waals surface area contributed by atoms with E-state index >= 15 is 0 Å². The number of hydrogen-bond donors (Lipinski definition) is 3. The minimum Gasteiger partial charge on any atom is -0.321 e. The van der Waals surface area contributed by atoms with Crippen LogP contribution >= 0.6 is 15.9 Å². The average Bonchev–Trinajstić information content (AvgIpc) is 2.42. The van der Waals surface area contributed by atoms with Crippen LogP contribution < -0.4 is 16.0 Å². The van der Waals surface area contributed by atoms with Gasteiger partial charge in [-0.15, -0.1) is 0 Å². The topological polar surface area (TPSA) is 97.1 Å². The fourth-order valence-electron chi connectivity index (χ4n) is 1.65. The maximum atomic E-state index is 12.3. The van der Waals surface area contributed by atoms with Crippen molar-refractivity contribution in [3.8, 4) is 0 Å². The number of sulfonamides is 1. The highest BCUT2D eigenvalue weighted by Gasteiger charge is 2.20. The molecule has 0 bridgehead atoms. The third-order valence-electron chi connectivity index (χ3n) is 2.61. The zero-order valence-electron chi connectivity index (χ0n) is 10.6. The van der Waals surface area contributed by atoms with E-state index in [4.69, 9.17) is 5.84 Å². The Morgan fingerprint density at radius 2 is 2.00 bits per heavy atom. The number of benzene rings is 1. The van der Waals surface area contributed by atoms with E-state index in [0.29, 0.717) is 5.69 Å². The van der Waals surface area contributed by atoms with Crippen LogP contribution in [-0.4, -0.2) is 13.4 Å². The van der Waals surface area contributed by atoms with Crippen LogP contribution in [0.25, 0.3) is 0 Å².